The molecular weight excluding hydrogens is 108 g/mol. The average molecular weight is 126 g/mol. The molecule has 0 aromatic carbocycles. The van der Waals surface area contributed by atoms with Crippen LogP contribution in [0.4, 0.5) is 0 Å². The first-order chi connectivity index (χ1) is 4.20. The average Bonchev–Trinajstić information content (AvgIpc) is 1.87. The van der Waals surface area contributed by atoms with E-state index in [1.54, 1.807) is 0 Å². The number of hydrogen-bond acceptors (Lipinski definition) is 0. The fourth-order valence-electron chi connectivity index (χ4n) is 0.812. The Morgan fingerprint density at radius 1 is 1.56 bits per heavy atom. The van der Waals surface area contributed by atoms with Crippen LogP contribution in [-0.2, 0) is 0 Å². The molecule has 0 rings (SSSR count). The zero-order valence-electron chi connectivity index (χ0n) is 7.07. The van der Waals surface area contributed by atoms with E-state index < -0.39 is 0 Å². The van der Waals surface area contributed by atoms with Crippen molar-refractivity contribution in [3.05, 3.63) is 11.6 Å². The third-order valence-corrected chi connectivity index (χ3v) is 1.86. The van der Waals surface area contributed by atoms with Crippen LogP contribution in [0.1, 0.15) is 40.5 Å². The third-order valence-electron chi connectivity index (χ3n) is 1.86. The van der Waals surface area contributed by atoms with E-state index in [1.165, 1.54) is 18.4 Å². The summed E-state index contributed by atoms with van der Waals surface area (Å²) in [6.07, 6.45) is 4.77. The first kappa shape index (κ1) is 8.74. The van der Waals surface area contributed by atoms with Gasteiger partial charge >= 0.3 is 0 Å². The minimum atomic E-state index is 0.862. The summed E-state index contributed by atoms with van der Waals surface area (Å²) in [4.78, 5) is 0. The van der Waals surface area contributed by atoms with Gasteiger partial charge in [0, 0.05) is 0 Å². The van der Waals surface area contributed by atoms with Gasteiger partial charge in [-0.3, -0.25) is 0 Å². The zero-order valence-corrected chi connectivity index (χ0v) is 7.07. The van der Waals surface area contributed by atoms with E-state index in [0.717, 1.165) is 5.92 Å². The van der Waals surface area contributed by atoms with Gasteiger partial charge in [-0.05, 0) is 26.2 Å². The largest absolute Gasteiger partial charge is 0.0887 e. The Hall–Kier alpha value is -0.260. The molecule has 54 valence electrons. The molecule has 0 radical (unpaired) electrons. The zero-order chi connectivity index (χ0) is 7.28. The Balaban J connectivity index is 3.47. The van der Waals surface area contributed by atoms with Gasteiger partial charge in [0.2, 0.25) is 0 Å². The minimum absolute atomic E-state index is 0.862. The van der Waals surface area contributed by atoms with Gasteiger partial charge in [0.25, 0.3) is 0 Å². The van der Waals surface area contributed by atoms with Crippen LogP contribution in [0.25, 0.3) is 0 Å². The maximum Gasteiger partial charge on any atom is -0.0297 e. The molecule has 0 saturated carbocycles. The van der Waals surface area contributed by atoms with Crippen molar-refractivity contribution < 1.29 is 0 Å². The molecule has 0 spiro atoms. The fraction of sp³-hybridized carbons (Fsp3) is 0.778. The van der Waals surface area contributed by atoms with E-state index in [-0.39, 0.29) is 0 Å². The number of rotatable bonds is 3. The molecule has 9 heavy (non-hydrogen) atoms. The third kappa shape index (κ3) is 4.26. The molecule has 0 heteroatoms. The van der Waals surface area contributed by atoms with Crippen LogP contribution in [0, 0.1) is 5.92 Å². The lowest BCUT2D eigenvalue weighted by Crippen LogP contribution is -1.91. The molecule has 0 bridgehead atoms. The van der Waals surface area contributed by atoms with Gasteiger partial charge in [-0.1, -0.05) is 31.9 Å². The first-order valence-corrected chi connectivity index (χ1v) is 3.82. The number of hydrogen-bond donors (Lipinski definition) is 0. The Bertz CT molecular complexity index is 90.2. The molecule has 1 unspecified atom stereocenters. The van der Waals surface area contributed by atoms with Gasteiger partial charge in [0.05, 0.1) is 0 Å². The Morgan fingerprint density at radius 3 is 2.44 bits per heavy atom. The Labute approximate surface area is 59.0 Å². The quantitative estimate of drug-likeness (QED) is 0.508. The maximum absolute atomic E-state index is 2.30. The lowest BCUT2D eigenvalue weighted by atomic mass is 10.00. The van der Waals surface area contributed by atoms with Crippen molar-refractivity contribution in [2.45, 2.75) is 40.5 Å². The number of allylic oxidation sites excluding steroid dienone is 2. The monoisotopic (exact) mass is 126 g/mol. The van der Waals surface area contributed by atoms with Crippen LogP contribution in [-0.4, -0.2) is 0 Å². The summed E-state index contributed by atoms with van der Waals surface area (Å²) >= 11 is 0. The fourth-order valence-corrected chi connectivity index (χ4v) is 0.812. The molecule has 0 saturated heterocycles. The molecule has 1 atom stereocenters. The maximum atomic E-state index is 2.30. The summed E-state index contributed by atoms with van der Waals surface area (Å²) in [7, 11) is 0. The van der Waals surface area contributed by atoms with Crippen molar-refractivity contribution >= 4 is 0 Å². The summed E-state index contributed by atoms with van der Waals surface area (Å²) < 4.78 is 0. The Morgan fingerprint density at radius 2 is 2.11 bits per heavy atom. The summed E-state index contributed by atoms with van der Waals surface area (Å²) in [6, 6.07) is 0. The van der Waals surface area contributed by atoms with Crippen LogP contribution in [0.3, 0.4) is 0 Å². The molecule has 0 nitrogen and oxygen atoms in total. The van der Waals surface area contributed by atoms with Crippen LogP contribution in [0.2, 0.25) is 0 Å². The van der Waals surface area contributed by atoms with Crippen LogP contribution in [0.15, 0.2) is 11.6 Å². The standard InChI is InChI=1S/C9H18/c1-5-8(3)7-9(4)6-2/h5,9H,6-7H2,1-4H3/b8-5+. The molecule has 0 N–H and O–H groups in total. The molecule has 0 fully saturated rings. The lowest BCUT2D eigenvalue weighted by Gasteiger charge is -2.06. The van der Waals surface area contributed by atoms with Gasteiger partial charge in [-0.25, -0.2) is 0 Å². The van der Waals surface area contributed by atoms with E-state index in [2.05, 4.69) is 33.8 Å². The molecule has 0 aliphatic rings. The van der Waals surface area contributed by atoms with E-state index in [4.69, 9.17) is 0 Å². The second-order valence-corrected chi connectivity index (χ2v) is 2.85. The predicted octanol–water partition coefficient (Wildman–Crippen LogP) is 3.39. The smallest absolute Gasteiger partial charge is 0.0297 e. The summed E-state index contributed by atoms with van der Waals surface area (Å²) in [5.41, 5.74) is 1.52. The van der Waals surface area contributed by atoms with Gasteiger partial charge in [-0.2, -0.15) is 0 Å². The molecular formula is C9H18. The molecule has 0 heterocycles. The van der Waals surface area contributed by atoms with E-state index in [9.17, 15) is 0 Å². The second kappa shape index (κ2) is 4.60. The van der Waals surface area contributed by atoms with Gasteiger partial charge in [0.1, 0.15) is 0 Å². The van der Waals surface area contributed by atoms with Crippen molar-refractivity contribution in [3.63, 3.8) is 0 Å². The minimum Gasteiger partial charge on any atom is -0.0887 e. The van der Waals surface area contributed by atoms with Gasteiger partial charge in [-0.15, -0.1) is 0 Å². The lowest BCUT2D eigenvalue weighted by molar-refractivity contribution is 0.557. The summed E-state index contributed by atoms with van der Waals surface area (Å²) in [5.74, 6) is 0.862. The van der Waals surface area contributed by atoms with Crippen molar-refractivity contribution in [3.8, 4) is 0 Å². The van der Waals surface area contributed by atoms with Gasteiger partial charge in [0.15, 0.2) is 0 Å². The van der Waals surface area contributed by atoms with E-state index >= 15 is 0 Å². The molecule has 0 aromatic heterocycles. The second-order valence-electron chi connectivity index (χ2n) is 2.85. The highest BCUT2D eigenvalue weighted by Gasteiger charge is 1.97. The topological polar surface area (TPSA) is 0 Å². The van der Waals surface area contributed by atoms with Crippen molar-refractivity contribution in [2.24, 2.45) is 5.92 Å². The van der Waals surface area contributed by atoms with Crippen LogP contribution < -0.4 is 0 Å². The van der Waals surface area contributed by atoms with Crippen molar-refractivity contribution in [2.75, 3.05) is 0 Å². The molecule has 0 amide bonds. The highest BCUT2D eigenvalue weighted by molar-refractivity contribution is 4.96. The highest BCUT2D eigenvalue weighted by Crippen LogP contribution is 2.12. The normalized spacial score (nSPS) is 15.8. The van der Waals surface area contributed by atoms with E-state index in [1.807, 2.05) is 0 Å². The van der Waals surface area contributed by atoms with Crippen LogP contribution in [0.5, 0.6) is 0 Å². The van der Waals surface area contributed by atoms with Gasteiger partial charge < -0.3 is 0 Å². The highest BCUT2D eigenvalue weighted by atomic mass is 14.0. The van der Waals surface area contributed by atoms with Crippen molar-refractivity contribution in [1.82, 2.24) is 0 Å². The summed E-state index contributed by atoms with van der Waals surface area (Å²) in [6.45, 7) is 8.85. The molecule has 0 aromatic rings. The van der Waals surface area contributed by atoms with Crippen LogP contribution >= 0.6 is 0 Å². The molecule has 0 aliphatic carbocycles. The van der Waals surface area contributed by atoms with Crippen molar-refractivity contribution in [1.29, 1.82) is 0 Å². The summed E-state index contributed by atoms with van der Waals surface area (Å²) in [5, 5.41) is 0. The first-order valence-electron chi connectivity index (χ1n) is 3.82. The SMILES string of the molecule is C/C=C(\C)CC(C)CC. The predicted molar refractivity (Wildman–Crippen MR) is 43.5 cm³/mol. The molecule has 0 aliphatic heterocycles. The Kier molecular flexibility index (Phi) is 4.47. The van der Waals surface area contributed by atoms with E-state index in [0.29, 0.717) is 0 Å².